The Morgan fingerprint density at radius 3 is 2.95 bits per heavy atom. The van der Waals surface area contributed by atoms with Crippen molar-refractivity contribution >= 4 is 17.5 Å². The molecule has 0 aliphatic carbocycles. The number of nitrogens with two attached hydrogens (primary N) is 1. The van der Waals surface area contributed by atoms with Crippen LogP contribution in [-0.2, 0) is 4.79 Å². The molecule has 2 rings (SSSR count). The van der Waals surface area contributed by atoms with Gasteiger partial charge >= 0.3 is 0 Å². The molecule has 0 saturated carbocycles. The summed E-state index contributed by atoms with van der Waals surface area (Å²) in [5.41, 5.74) is 6.27. The first-order chi connectivity index (χ1) is 8.97. The van der Waals surface area contributed by atoms with Gasteiger partial charge in [-0.1, -0.05) is 0 Å². The number of amides is 2. The normalized spacial score (nSPS) is 19.3. The van der Waals surface area contributed by atoms with Crippen LogP contribution >= 0.6 is 0 Å². The third-order valence-electron chi connectivity index (χ3n) is 3.24. The largest absolute Gasteiger partial charge is 0.508 e. The second kappa shape index (κ2) is 5.17. The van der Waals surface area contributed by atoms with E-state index in [9.17, 15) is 14.7 Å². The van der Waals surface area contributed by atoms with Gasteiger partial charge in [0.05, 0.1) is 5.56 Å². The highest BCUT2D eigenvalue weighted by Gasteiger charge is 2.24. The predicted octanol–water partition coefficient (Wildman–Crippen LogP) is 0.325. The first-order valence-electron chi connectivity index (χ1n) is 6.10. The number of hydrogen-bond donors (Lipinski definition) is 3. The summed E-state index contributed by atoms with van der Waals surface area (Å²) in [7, 11) is 1.71. The lowest BCUT2D eigenvalue weighted by Crippen LogP contribution is -2.48. The van der Waals surface area contributed by atoms with Crippen molar-refractivity contribution in [3.8, 4) is 5.75 Å². The number of phenols is 1. The highest BCUT2D eigenvalue weighted by molar-refractivity contribution is 5.99. The molecular formula is C13H17N3O3. The van der Waals surface area contributed by atoms with Gasteiger partial charge in [-0.15, -0.1) is 0 Å². The topological polar surface area (TPSA) is 95.7 Å². The highest BCUT2D eigenvalue weighted by Crippen LogP contribution is 2.19. The van der Waals surface area contributed by atoms with Crippen LogP contribution in [0.25, 0.3) is 0 Å². The van der Waals surface area contributed by atoms with E-state index >= 15 is 0 Å². The lowest BCUT2D eigenvalue weighted by molar-refractivity contribution is -0.132. The summed E-state index contributed by atoms with van der Waals surface area (Å²) in [6.45, 7) is 0.489. The third-order valence-corrected chi connectivity index (χ3v) is 3.24. The molecule has 1 aliphatic rings. The fourth-order valence-corrected chi connectivity index (χ4v) is 2.13. The van der Waals surface area contributed by atoms with Gasteiger partial charge in [0.15, 0.2) is 0 Å². The van der Waals surface area contributed by atoms with E-state index in [-0.39, 0.29) is 29.2 Å². The van der Waals surface area contributed by atoms with Crippen molar-refractivity contribution in [3.63, 3.8) is 0 Å². The molecule has 1 aromatic carbocycles. The Labute approximate surface area is 111 Å². The van der Waals surface area contributed by atoms with E-state index in [1.807, 2.05) is 0 Å². The Morgan fingerprint density at radius 2 is 2.26 bits per heavy atom. The lowest BCUT2D eigenvalue weighted by atomic mass is 10.0. The number of hydrogen-bond acceptors (Lipinski definition) is 4. The molecular weight excluding hydrogens is 246 g/mol. The second-order valence-corrected chi connectivity index (χ2v) is 4.75. The molecule has 1 fully saturated rings. The maximum absolute atomic E-state index is 12.1. The van der Waals surface area contributed by atoms with E-state index in [4.69, 9.17) is 5.73 Å². The van der Waals surface area contributed by atoms with Crippen molar-refractivity contribution < 1.29 is 14.7 Å². The summed E-state index contributed by atoms with van der Waals surface area (Å²) in [5.74, 6) is -0.251. The minimum atomic E-state index is -0.332. The van der Waals surface area contributed by atoms with E-state index in [0.29, 0.717) is 25.1 Å². The number of rotatable bonds is 2. The van der Waals surface area contributed by atoms with Crippen molar-refractivity contribution in [2.45, 2.75) is 18.9 Å². The number of likely N-dealkylation sites (N-methyl/N-ethyl adjacent to an activating group) is 1. The standard InChI is InChI=1S/C13H17N3O3/c1-16-7-8(2-5-12(16)18)15-13(19)10-6-9(17)3-4-11(10)14/h3-4,6,8,17H,2,5,7,14H2,1H3,(H,15,19). The van der Waals surface area contributed by atoms with Gasteiger partial charge in [-0.25, -0.2) is 0 Å². The van der Waals surface area contributed by atoms with Crippen LogP contribution in [0.15, 0.2) is 18.2 Å². The summed E-state index contributed by atoms with van der Waals surface area (Å²) in [4.78, 5) is 25.0. The second-order valence-electron chi connectivity index (χ2n) is 4.75. The smallest absolute Gasteiger partial charge is 0.253 e. The zero-order chi connectivity index (χ0) is 14.0. The average Bonchev–Trinajstić information content (AvgIpc) is 2.36. The molecule has 4 N–H and O–H groups in total. The van der Waals surface area contributed by atoms with Crippen LogP contribution in [0.2, 0.25) is 0 Å². The van der Waals surface area contributed by atoms with Crippen molar-refractivity contribution in [3.05, 3.63) is 23.8 Å². The molecule has 0 radical (unpaired) electrons. The van der Waals surface area contributed by atoms with Crippen LogP contribution in [0.1, 0.15) is 23.2 Å². The number of nitrogens with one attached hydrogen (secondary N) is 1. The molecule has 1 aromatic rings. The number of benzene rings is 1. The molecule has 0 aromatic heterocycles. The third kappa shape index (κ3) is 2.96. The molecule has 2 amide bonds. The Kier molecular flexibility index (Phi) is 3.59. The fraction of sp³-hybridized carbons (Fsp3) is 0.385. The average molecular weight is 263 g/mol. The molecule has 19 heavy (non-hydrogen) atoms. The van der Waals surface area contributed by atoms with Crippen molar-refractivity contribution in [2.24, 2.45) is 0 Å². The summed E-state index contributed by atoms with van der Waals surface area (Å²) in [6, 6.07) is 4.17. The SMILES string of the molecule is CN1CC(NC(=O)c2cc(O)ccc2N)CCC1=O. The van der Waals surface area contributed by atoms with Crippen LogP contribution in [0.3, 0.4) is 0 Å². The molecule has 1 atom stereocenters. The van der Waals surface area contributed by atoms with Gasteiger partial charge in [0, 0.05) is 31.7 Å². The van der Waals surface area contributed by atoms with Gasteiger partial charge in [0.2, 0.25) is 5.91 Å². The van der Waals surface area contributed by atoms with Gasteiger partial charge in [-0.3, -0.25) is 9.59 Å². The molecule has 1 saturated heterocycles. The number of aromatic hydroxyl groups is 1. The van der Waals surface area contributed by atoms with Crippen LogP contribution in [0.5, 0.6) is 5.75 Å². The summed E-state index contributed by atoms with van der Waals surface area (Å²) in [6.07, 6.45) is 1.05. The Balaban J connectivity index is 2.05. The van der Waals surface area contributed by atoms with Crippen LogP contribution < -0.4 is 11.1 Å². The molecule has 6 nitrogen and oxygen atoms in total. The molecule has 1 aliphatic heterocycles. The van der Waals surface area contributed by atoms with Crippen LogP contribution in [0, 0.1) is 0 Å². The van der Waals surface area contributed by atoms with E-state index in [0.717, 1.165) is 0 Å². The van der Waals surface area contributed by atoms with E-state index < -0.39 is 0 Å². The van der Waals surface area contributed by atoms with Gasteiger partial charge in [0.25, 0.3) is 5.91 Å². The van der Waals surface area contributed by atoms with Gasteiger partial charge in [-0.2, -0.15) is 0 Å². The first kappa shape index (κ1) is 13.2. The molecule has 0 bridgehead atoms. The summed E-state index contributed by atoms with van der Waals surface area (Å²) in [5, 5.41) is 12.2. The summed E-state index contributed by atoms with van der Waals surface area (Å²) >= 11 is 0. The molecule has 1 heterocycles. The van der Waals surface area contributed by atoms with Crippen molar-refractivity contribution in [1.82, 2.24) is 10.2 Å². The Hall–Kier alpha value is -2.24. The highest BCUT2D eigenvalue weighted by atomic mass is 16.3. The van der Waals surface area contributed by atoms with Gasteiger partial charge in [-0.05, 0) is 24.6 Å². The van der Waals surface area contributed by atoms with Gasteiger partial charge < -0.3 is 21.1 Å². The minimum absolute atomic E-state index is 0.00436. The first-order valence-corrected chi connectivity index (χ1v) is 6.10. The number of piperidine rings is 1. The Bertz CT molecular complexity index is 516. The zero-order valence-corrected chi connectivity index (χ0v) is 10.7. The summed E-state index contributed by atoms with van der Waals surface area (Å²) < 4.78 is 0. The minimum Gasteiger partial charge on any atom is -0.508 e. The molecule has 102 valence electrons. The molecule has 1 unspecified atom stereocenters. The quantitative estimate of drug-likeness (QED) is 0.529. The monoisotopic (exact) mass is 263 g/mol. The fourth-order valence-electron chi connectivity index (χ4n) is 2.13. The van der Waals surface area contributed by atoms with Crippen molar-refractivity contribution in [2.75, 3.05) is 19.3 Å². The number of phenolic OH excluding ortho intramolecular Hbond substituents is 1. The number of likely N-dealkylation sites (tertiary alicyclic amines) is 1. The van der Waals surface area contributed by atoms with E-state index in [1.54, 1.807) is 11.9 Å². The van der Waals surface area contributed by atoms with Gasteiger partial charge in [0.1, 0.15) is 5.75 Å². The molecule has 0 spiro atoms. The predicted molar refractivity (Wildman–Crippen MR) is 70.6 cm³/mol. The Morgan fingerprint density at radius 1 is 1.53 bits per heavy atom. The number of carbonyl (C=O) groups is 2. The van der Waals surface area contributed by atoms with E-state index in [1.165, 1.54) is 18.2 Å². The number of nitrogens with zero attached hydrogens (tertiary/aromatic N) is 1. The van der Waals surface area contributed by atoms with Crippen LogP contribution in [0.4, 0.5) is 5.69 Å². The zero-order valence-electron chi connectivity index (χ0n) is 10.7. The maximum Gasteiger partial charge on any atom is 0.253 e. The number of carbonyl (C=O) groups excluding carboxylic acids is 2. The van der Waals surface area contributed by atoms with Crippen LogP contribution in [-0.4, -0.2) is 41.5 Å². The molecule has 6 heteroatoms. The lowest BCUT2D eigenvalue weighted by Gasteiger charge is -2.30. The maximum atomic E-state index is 12.1. The van der Waals surface area contributed by atoms with Crippen molar-refractivity contribution in [1.29, 1.82) is 0 Å². The number of nitrogen functional groups attached to an aromatic ring is 1. The van der Waals surface area contributed by atoms with E-state index in [2.05, 4.69) is 5.32 Å². The number of anilines is 1.